The molecule has 1 aliphatic rings. The van der Waals surface area contributed by atoms with Crippen molar-refractivity contribution in [1.29, 1.82) is 0 Å². The van der Waals surface area contributed by atoms with E-state index in [1.54, 1.807) is 0 Å². The number of carbonyl (C=O) groups excluding carboxylic acids is 1. The lowest BCUT2D eigenvalue weighted by atomic mass is 10.0. The van der Waals surface area contributed by atoms with Crippen LogP contribution in [0.3, 0.4) is 0 Å². The van der Waals surface area contributed by atoms with E-state index in [2.05, 4.69) is 35.1 Å². The molecule has 0 aliphatic carbocycles. The molecule has 3 nitrogen and oxygen atoms in total. The lowest BCUT2D eigenvalue weighted by Crippen LogP contribution is -2.58. The summed E-state index contributed by atoms with van der Waals surface area (Å²) in [5, 5.41) is 5.34. The van der Waals surface area contributed by atoms with E-state index in [1.807, 2.05) is 16.3 Å². The van der Waals surface area contributed by atoms with Crippen molar-refractivity contribution in [2.45, 2.75) is 19.4 Å². The van der Waals surface area contributed by atoms with E-state index in [0.29, 0.717) is 0 Å². The Balaban J connectivity index is 2.14. The van der Waals surface area contributed by atoms with Gasteiger partial charge in [-0.25, -0.2) is 0 Å². The predicted molar refractivity (Wildman–Crippen MR) is 70.0 cm³/mol. The van der Waals surface area contributed by atoms with E-state index in [0.717, 1.165) is 29.0 Å². The van der Waals surface area contributed by atoms with Gasteiger partial charge in [0.2, 0.25) is 0 Å². The van der Waals surface area contributed by atoms with Crippen LogP contribution in [0.1, 0.15) is 23.5 Å². The van der Waals surface area contributed by atoms with Crippen molar-refractivity contribution in [1.82, 2.24) is 10.2 Å². The lowest BCUT2D eigenvalue weighted by molar-refractivity contribution is 0.0656. The zero-order valence-electron chi connectivity index (χ0n) is 9.42. The molecule has 0 saturated carbocycles. The largest absolute Gasteiger partial charge is 0.335 e. The molecule has 5 heteroatoms. The molecule has 0 unspecified atom stereocenters. The van der Waals surface area contributed by atoms with Crippen molar-refractivity contribution in [3.8, 4) is 0 Å². The van der Waals surface area contributed by atoms with Crippen LogP contribution in [0, 0.1) is 0 Å². The fourth-order valence-corrected chi connectivity index (χ4v) is 3.41. The number of thiophene rings is 1. The highest BCUT2D eigenvalue weighted by molar-refractivity contribution is 9.10. The van der Waals surface area contributed by atoms with Crippen LogP contribution in [-0.2, 0) is 0 Å². The highest BCUT2D eigenvalue weighted by Gasteiger charge is 2.30. The fraction of sp³-hybridized carbons (Fsp3) is 0.545. The fourth-order valence-electron chi connectivity index (χ4n) is 1.90. The van der Waals surface area contributed by atoms with Gasteiger partial charge in [0, 0.05) is 29.6 Å². The average Bonchev–Trinajstić information content (AvgIpc) is 2.62. The van der Waals surface area contributed by atoms with Gasteiger partial charge in [-0.2, -0.15) is 0 Å². The molecule has 1 amide bonds. The number of nitrogens with zero attached hydrogens (tertiary/aromatic N) is 1. The number of piperazine rings is 1. The van der Waals surface area contributed by atoms with Crippen molar-refractivity contribution >= 4 is 33.2 Å². The van der Waals surface area contributed by atoms with Gasteiger partial charge in [-0.15, -0.1) is 11.3 Å². The Labute approximate surface area is 108 Å². The summed E-state index contributed by atoms with van der Waals surface area (Å²) < 4.78 is 0.902. The predicted octanol–water partition coefficient (Wildman–Crippen LogP) is 2.33. The summed E-state index contributed by atoms with van der Waals surface area (Å²) in [7, 11) is 0. The van der Waals surface area contributed by atoms with Gasteiger partial charge in [-0.1, -0.05) is 0 Å². The average molecular weight is 303 g/mol. The van der Waals surface area contributed by atoms with Crippen LogP contribution < -0.4 is 5.32 Å². The number of amides is 1. The van der Waals surface area contributed by atoms with Gasteiger partial charge in [-0.3, -0.25) is 4.79 Å². The van der Waals surface area contributed by atoms with E-state index in [1.165, 1.54) is 11.3 Å². The van der Waals surface area contributed by atoms with E-state index in [-0.39, 0.29) is 11.4 Å². The molecule has 1 fully saturated rings. The third kappa shape index (κ3) is 2.47. The van der Waals surface area contributed by atoms with Gasteiger partial charge in [0.05, 0.1) is 0 Å². The minimum Gasteiger partial charge on any atom is -0.335 e. The van der Waals surface area contributed by atoms with Crippen LogP contribution in [0.25, 0.3) is 0 Å². The molecule has 0 spiro atoms. The molecule has 0 aromatic carbocycles. The summed E-state index contributed by atoms with van der Waals surface area (Å²) in [6.45, 7) is 6.65. The molecule has 1 aromatic heterocycles. The highest BCUT2D eigenvalue weighted by atomic mass is 79.9. The zero-order valence-corrected chi connectivity index (χ0v) is 11.8. The summed E-state index contributed by atoms with van der Waals surface area (Å²) in [5.41, 5.74) is 0.0116. The Morgan fingerprint density at radius 2 is 2.38 bits per heavy atom. The van der Waals surface area contributed by atoms with E-state index in [4.69, 9.17) is 0 Å². The van der Waals surface area contributed by atoms with Crippen LogP contribution in [0.4, 0.5) is 0 Å². The van der Waals surface area contributed by atoms with Gasteiger partial charge in [-0.05, 0) is 41.2 Å². The van der Waals surface area contributed by atoms with Crippen molar-refractivity contribution in [2.24, 2.45) is 0 Å². The summed E-state index contributed by atoms with van der Waals surface area (Å²) in [4.78, 5) is 15.0. The van der Waals surface area contributed by atoms with Crippen LogP contribution in [-0.4, -0.2) is 36.0 Å². The maximum Gasteiger partial charge on any atom is 0.265 e. The number of hydrogen-bond donors (Lipinski definition) is 1. The first-order valence-corrected chi connectivity index (χ1v) is 6.94. The van der Waals surface area contributed by atoms with E-state index >= 15 is 0 Å². The second-order valence-electron chi connectivity index (χ2n) is 4.64. The van der Waals surface area contributed by atoms with Crippen molar-refractivity contribution in [2.75, 3.05) is 19.6 Å². The van der Waals surface area contributed by atoms with Gasteiger partial charge < -0.3 is 10.2 Å². The molecule has 1 aliphatic heterocycles. The molecule has 0 bridgehead atoms. The van der Waals surface area contributed by atoms with Crippen molar-refractivity contribution in [3.05, 3.63) is 20.8 Å². The Morgan fingerprint density at radius 3 is 2.94 bits per heavy atom. The SMILES string of the molecule is CC1(C)CN(C(=O)c2sccc2Br)CCN1. The Kier molecular flexibility index (Phi) is 3.37. The molecule has 1 aromatic rings. The van der Waals surface area contributed by atoms with Crippen LogP contribution in [0.5, 0.6) is 0 Å². The molecule has 0 atom stereocenters. The zero-order chi connectivity index (χ0) is 11.8. The van der Waals surface area contributed by atoms with Crippen molar-refractivity contribution in [3.63, 3.8) is 0 Å². The highest BCUT2D eigenvalue weighted by Crippen LogP contribution is 2.25. The molecule has 2 heterocycles. The first kappa shape index (κ1) is 12.1. The Hall–Kier alpha value is -0.390. The van der Waals surface area contributed by atoms with Crippen LogP contribution >= 0.6 is 27.3 Å². The van der Waals surface area contributed by atoms with Crippen LogP contribution in [0.15, 0.2) is 15.9 Å². The van der Waals surface area contributed by atoms with E-state index in [9.17, 15) is 4.79 Å². The number of carbonyl (C=O) groups is 1. The topological polar surface area (TPSA) is 32.3 Å². The summed E-state index contributed by atoms with van der Waals surface area (Å²) in [6.07, 6.45) is 0. The summed E-state index contributed by atoms with van der Waals surface area (Å²) >= 11 is 4.90. The number of nitrogens with one attached hydrogen (secondary N) is 1. The lowest BCUT2D eigenvalue weighted by Gasteiger charge is -2.39. The van der Waals surface area contributed by atoms with Crippen LogP contribution in [0.2, 0.25) is 0 Å². The molecule has 2 rings (SSSR count). The third-order valence-electron chi connectivity index (χ3n) is 2.67. The summed E-state index contributed by atoms with van der Waals surface area (Å²) in [6, 6.07) is 1.92. The minimum absolute atomic E-state index is 0.0116. The standard InChI is InChI=1S/C11H15BrN2OS/c1-11(2)7-14(5-4-13-11)10(15)9-8(12)3-6-16-9/h3,6,13H,4-5,7H2,1-2H3. The Morgan fingerprint density at radius 1 is 1.62 bits per heavy atom. The van der Waals surface area contributed by atoms with E-state index < -0.39 is 0 Å². The molecule has 1 saturated heterocycles. The second kappa shape index (κ2) is 4.47. The van der Waals surface area contributed by atoms with Gasteiger partial charge >= 0.3 is 0 Å². The molecule has 16 heavy (non-hydrogen) atoms. The molecular weight excluding hydrogens is 288 g/mol. The maximum atomic E-state index is 12.2. The van der Waals surface area contributed by atoms with Crippen molar-refractivity contribution < 1.29 is 4.79 Å². The van der Waals surface area contributed by atoms with Gasteiger partial charge in [0.1, 0.15) is 4.88 Å². The summed E-state index contributed by atoms with van der Waals surface area (Å²) in [5.74, 6) is 0.136. The third-order valence-corrected chi connectivity index (χ3v) is 4.50. The quantitative estimate of drug-likeness (QED) is 0.863. The first-order chi connectivity index (χ1) is 7.49. The Bertz CT molecular complexity index is 402. The number of halogens is 1. The molecule has 1 N–H and O–H groups in total. The smallest absolute Gasteiger partial charge is 0.265 e. The molecule has 88 valence electrons. The number of rotatable bonds is 1. The number of hydrogen-bond acceptors (Lipinski definition) is 3. The van der Waals surface area contributed by atoms with Gasteiger partial charge in [0.15, 0.2) is 0 Å². The molecular formula is C11H15BrN2OS. The molecule has 0 radical (unpaired) electrons. The normalized spacial score (nSPS) is 19.8. The second-order valence-corrected chi connectivity index (χ2v) is 6.41. The minimum atomic E-state index is 0.0116. The first-order valence-electron chi connectivity index (χ1n) is 5.27. The van der Waals surface area contributed by atoms with Gasteiger partial charge in [0.25, 0.3) is 5.91 Å². The maximum absolute atomic E-state index is 12.2. The monoisotopic (exact) mass is 302 g/mol.